The second-order valence-electron chi connectivity index (χ2n) is 6.60. The molecule has 0 spiro atoms. The summed E-state index contributed by atoms with van der Waals surface area (Å²) >= 11 is 6.01. The lowest BCUT2D eigenvalue weighted by Gasteiger charge is -2.22. The number of nitriles is 1. The molecular formula is C18H17ClN6O5. The largest absolute Gasteiger partial charge is 0.361 e. The Morgan fingerprint density at radius 3 is 2.63 bits per heavy atom. The van der Waals surface area contributed by atoms with Crippen molar-refractivity contribution in [2.24, 2.45) is 0 Å². The SMILES string of the molecule is CC(O)(O)c1cc(C(=O)NCC(O)(O)n2ccc(-c3ccc(C#N)c(Cl)c3)n2)n[nH]1. The first-order chi connectivity index (χ1) is 14.0. The molecule has 0 unspecified atom stereocenters. The molecule has 156 valence electrons. The minimum atomic E-state index is -2.56. The number of nitrogens with zero attached hydrogens (tertiary/aromatic N) is 4. The number of aliphatic hydroxyl groups is 4. The molecule has 2 heterocycles. The maximum Gasteiger partial charge on any atom is 0.284 e. The monoisotopic (exact) mass is 432 g/mol. The van der Waals surface area contributed by atoms with Crippen LogP contribution in [0.4, 0.5) is 0 Å². The average molecular weight is 433 g/mol. The van der Waals surface area contributed by atoms with E-state index in [1.165, 1.54) is 24.4 Å². The lowest BCUT2D eigenvalue weighted by molar-refractivity contribution is -0.230. The molecule has 0 saturated heterocycles. The Morgan fingerprint density at radius 2 is 2.03 bits per heavy atom. The van der Waals surface area contributed by atoms with Gasteiger partial charge in [0.25, 0.3) is 11.8 Å². The number of amides is 1. The van der Waals surface area contributed by atoms with Gasteiger partial charge in [0.1, 0.15) is 11.8 Å². The van der Waals surface area contributed by atoms with Crippen LogP contribution < -0.4 is 5.32 Å². The highest BCUT2D eigenvalue weighted by molar-refractivity contribution is 6.32. The minimum absolute atomic E-state index is 0.107. The van der Waals surface area contributed by atoms with Crippen LogP contribution in [-0.4, -0.2) is 52.9 Å². The van der Waals surface area contributed by atoms with Gasteiger partial charge in [0, 0.05) is 11.8 Å². The molecule has 30 heavy (non-hydrogen) atoms. The topological polar surface area (TPSA) is 180 Å². The predicted molar refractivity (Wildman–Crippen MR) is 103 cm³/mol. The number of aromatic nitrogens is 4. The van der Waals surface area contributed by atoms with Crippen molar-refractivity contribution in [2.45, 2.75) is 18.6 Å². The van der Waals surface area contributed by atoms with Gasteiger partial charge in [-0.05, 0) is 31.2 Å². The molecule has 0 aliphatic rings. The molecule has 0 atom stereocenters. The normalized spacial score (nSPS) is 11.9. The molecule has 12 heteroatoms. The van der Waals surface area contributed by atoms with Gasteiger partial charge in [0.05, 0.1) is 28.5 Å². The number of nitrogens with one attached hydrogen (secondary N) is 2. The standard InChI is InChI=1S/C18H17ClN6O5/c1-17(27,28)15-7-14(22-23-15)16(26)21-9-18(29,30)25-5-4-13(24-25)10-2-3-11(8-20)12(19)6-10/h2-7,27-30H,9H2,1H3,(H,21,26)(H,22,23). The number of carbonyl (C=O) groups excluding carboxylic acids is 1. The summed E-state index contributed by atoms with van der Waals surface area (Å²) in [4.78, 5) is 12.1. The van der Waals surface area contributed by atoms with Gasteiger partial charge >= 0.3 is 0 Å². The van der Waals surface area contributed by atoms with Gasteiger partial charge in [-0.15, -0.1) is 0 Å². The molecule has 6 N–H and O–H groups in total. The van der Waals surface area contributed by atoms with E-state index >= 15 is 0 Å². The van der Waals surface area contributed by atoms with Crippen molar-refractivity contribution < 1.29 is 25.2 Å². The first kappa shape index (κ1) is 21.4. The fourth-order valence-electron chi connectivity index (χ4n) is 2.49. The van der Waals surface area contributed by atoms with Crippen LogP contribution in [0.1, 0.15) is 28.7 Å². The van der Waals surface area contributed by atoms with Crippen molar-refractivity contribution in [3.8, 4) is 17.3 Å². The molecular weight excluding hydrogens is 416 g/mol. The summed E-state index contributed by atoms with van der Waals surface area (Å²) in [6.07, 6.45) is 1.29. The summed E-state index contributed by atoms with van der Waals surface area (Å²) < 4.78 is 0.837. The van der Waals surface area contributed by atoms with Crippen LogP contribution in [0.5, 0.6) is 0 Å². The van der Waals surface area contributed by atoms with Gasteiger partial charge in [-0.3, -0.25) is 9.89 Å². The molecule has 1 aromatic carbocycles. The first-order valence-electron chi connectivity index (χ1n) is 8.51. The van der Waals surface area contributed by atoms with E-state index in [0.29, 0.717) is 16.8 Å². The third kappa shape index (κ3) is 4.48. The fourth-order valence-corrected chi connectivity index (χ4v) is 2.72. The third-order valence-electron chi connectivity index (χ3n) is 4.15. The molecule has 3 rings (SSSR count). The van der Waals surface area contributed by atoms with Crippen molar-refractivity contribution in [1.29, 1.82) is 5.26 Å². The van der Waals surface area contributed by atoms with E-state index in [1.807, 2.05) is 6.07 Å². The van der Waals surface area contributed by atoms with E-state index in [9.17, 15) is 25.2 Å². The lowest BCUT2D eigenvalue weighted by Crippen LogP contribution is -2.45. The summed E-state index contributed by atoms with van der Waals surface area (Å²) in [6, 6.07) is 9.22. The predicted octanol–water partition coefficient (Wildman–Crippen LogP) is -0.0195. The fraction of sp³-hybridized carbons (Fsp3) is 0.222. The second kappa shape index (κ2) is 7.86. The van der Waals surface area contributed by atoms with Gasteiger partial charge in [-0.2, -0.15) is 15.5 Å². The number of H-pyrrole nitrogens is 1. The number of rotatable bonds is 6. The highest BCUT2D eigenvalue weighted by atomic mass is 35.5. The summed E-state index contributed by atoms with van der Waals surface area (Å²) in [5.41, 5.74) is 0.929. The number of halogens is 1. The Morgan fingerprint density at radius 1 is 1.30 bits per heavy atom. The van der Waals surface area contributed by atoms with E-state index < -0.39 is 24.2 Å². The number of hydrogen-bond acceptors (Lipinski definition) is 8. The van der Waals surface area contributed by atoms with Crippen LogP contribution in [0.3, 0.4) is 0 Å². The highest BCUT2D eigenvalue weighted by Gasteiger charge is 2.29. The summed E-state index contributed by atoms with van der Waals surface area (Å²) in [5.74, 6) is -5.55. The maximum atomic E-state index is 12.1. The Bertz CT molecular complexity index is 1120. The number of aromatic amines is 1. The van der Waals surface area contributed by atoms with Crippen molar-refractivity contribution in [3.05, 3.63) is 58.5 Å². The third-order valence-corrected chi connectivity index (χ3v) is 4.46. The van der Waals surface area contributed by atoms with Gasteiger partial charge < -0.3 is 25.7 Å². The summed E-state index contributed by atoms with van der Waals surface area (Å²) in [6.45, 7) is 0.448. The number of hydrogen-bond donors (Lipinski definition) is 6. The molecule has 0 saturated carbocycles. The van der Waals surface area contributed by atoms with Crippen molar-refractivity contribution in [3.63, 3.8) is 0 Å². The quantitative estimate of drug-likeness (QED) is 0.294. The first-order valence-corrected chi connectivity index (χ1v) is 8.89. The van der Waals surface area contributed by atoms with E-state index in [-0.39, 0.29) is 16.4 Å². The van der Waals surface area contributed by atoms with Gasteiger partial charge in [-0.1, -0.05) is 17.7 Å². The molecule has 0 bridgehead atoms. The van der Waals surface area contributed by atoms with Crippen LogP contribution in [0.2, 0.25) is 5.02 Å². The Labute approximate surface area is 174 Å². The van der Waals surface area contributed by atoms with Crippen molar-refractivity contribution >= 4 is 17.5 Å². The number of benzene rings is 1. The van der Waals surface area contributed by atoms with E-state index in [1.54, 1.807) is 6.07 Å². The molecule has 2 aromatic heterocycles. The molecule has 0 aliphatic carbocycles. The van der Waals surface area contributed by atoms with Crippen LogP contribution in [0, 0.1) is 11.3 Å². The Kier molecular flexibility index (Phi) is 5.62. The zero-order valence-corrected chi connectivity index (χ0v) is 16.3. The minimum Gasteiger partial charge on any atom is -0.361 e. The maximum absolute atomic E-state index is 12.1. The smallest absolute Gasteiger partial charge is 0.284 e. The van der Waals surface area contributed by atoms with Crippen LogP contribution in [0.25, 0.3) is 11.3 Å². The lowest BCUT2D eigenvalue weighted by atomic mass is 10.1. The van der Waals surface area contributed by atoms with E-state index in [4.69, 9.17) is 16.9 Å². The molecule has 3 aromatic rings. The summed E-state index contributed by atoms with van der Waals surface area (Å²) in [5, 5.41) is 61.0. The molecule has 0 aliphatic heterocycles. The van der Waals surface area contributed by atoms with Crippen LogP contribution in [-0.2, 0) is 11.7 Å². The molecule has 0 fully saturated rings. The van der Waals surface area contributed by atoms with E-state index in [2.05, 4.69) is 20.6 Å². The van der Waals surface area contributed by atoms with Crippen LogP contribution >= 0.6 is 11.6 Å². The molecule has 11 nitrogen and oxygen atoms in total. The van der Waals surface area contributed by atoms with Crippen molar-refractivity contribution in [1.82, 2.24) is 25.3 Å². The second-order valence-corrected chi connectivity index (χ2v) is 7.00. The number of carbonyl (C=O) groups is 1. The van der Waals surface area contributed by atoms with Gasteiger partial charge in [0.15, 0.2) is 0 Å². The zero-order valence-electron chi connectivity index (χ0n) is 15.5. The zero-order chi connectivity index (χ0) is 22.1. The van der Waals surface area contributed by atoms with Crippen LogP contribution in [0.15, 0.2) is 36.5 Å². The van der Waals surface area contributed by atoms with Gasteiger partial charge in [-0.25, -0.2) is 4.68 Å². The highest BCUT2D eigenvalue weighted by Crippen LogP contribution is 2.25. The van der Waals surface area contributed by atoms with Crippen molar-refractivity contribution in [2.75, 3.05) is 6.54 Å². The average Bonchev–Trinajstić information content (AvgIpc) is 3.36. The van der Waals surface area contributed by atoms with Gasteiger partial charge in [0.2, 0.25) is 5.79 Å². The van der Waals surface area contributed by atoms with E-state index in [0.717, 1.165) is 17.7 Å². The molecule has 1 amide bonds. The Hall–Kier alpha value is -3.27. The summed E-state index contributed by atoms with van der Waals surface area (Å²) in [7, 11) is 0. The Balaban J connectivity index is 1.70. The molecule has 0 radical (unpaired) electrons.